The third-order valence-corrected chi connectivity index (χ3v) is 4.73. The van der Waals surface area contributed by atoms with Crippen LogP contribution in [-0.4, -0.2) is 75.8 Å². The van der Waals surface area contributed by atoms with Crippen LogP contribution in [-0.2, 0) is 13.5 Å². The average Bonchev–Trinajstić information content (AvgIpc) is 4.15. The van der Waals surface area contributed by atoms with E-state index in [0.717, 1.165) is 12.2 Å². The molecule has 8 rings (SSSR count). The number of rotatable bonds is 0. The second kappa shape index (κ2) is 58.4. The zero-order valence-corrected chi connectivity index (χ0v) is 35.4. The zero-order valence-electron chi connectivity index (χ0n) is 35.4. The minimum Gasteiger partial charge on any atom is -0.341 e. The quantitative estimate of drug-likeness (QED) is 0.131. The Morgan fingerprint density at radius 1 is 0.627 bits per heavy atom. The van der Waals surface area contributed by atoms with Crippen LogP contribution in [0.2, 0.25) is 0 Å². The molecular formula is C43H81N15O. The molecule has 16 heteroatoms. The highest BCUT2D eigenvalue weighted by molar-refractivity contribution is 5.73. The summed E-state index contributed by atoms with van der Waals surface area (Å²) < 4.78 is 1.89. The normalized spacial score (nSPS) is 7.90. The van der Waals surface area contributed by atoms with E-state index in [9.17, 15) is 4.79 Å². The first-order valence-electron chi connectivity index (χ1n) is 18.6. The van der Waals surface area contributed by atoms with E-state index in [1.54, 1.807) is 62.6 Å². The molecule has 0 spiro atoms. The van der Waals surface area contributed by atoms with Crippen LogP contribution in [0.25, 0.3) is 11.2 Å². The Balaban J connectivity index is -0.0000000839. The summed E-state index contributed by atoms with van der Waals surface area (Å²) in [5, 5.41) is 5.99. The highest BCUT2D eigenvalue weighted by Gasteiger charge is 2.04. The van der Waals surface area contributed by atoms with Crippen molar-refractivity contribution in [3.8, 4) is 0 Å². The highest BCUT2D eigenvalue weighted by Crippen LogP contribution is 2.18. The van der Waals surface area contributed by atoms with Gasteiger partial charge in [-0.3, -0.25) is 9.89 Å². The van der Waals surface area contributed by atoms with Crippen molar-refractivity contribution >= 4 is 23.2 Å². The number of fused-ring (bicyclic) bond motifs is 2. The van der Waals surface area contributed by atoms with Crippen LogP contribution in [0.4, 0.5) is 5.82 Å². The predicted molar refractivity (Wildman–Crippen MR) is 254 cm³/mol. The third kappa shape index (κ3) is 39.7. The second-order valence-corrected chi connectivity index (χ2v) is 7.94. The monoisotopic (exact) mass is 824 g/mol. The lowest BCUT2D eigenvalue weighted by molar-refractivity contribution is 0.913. The topological polar surface area (TPSA) is 211 Å². The molecule has 8 heterocycles. The van der Waals surface area contributed by atoms with Crippen LogP contribution in [0.5, 0.6) is 0 Å². The molecule has 7 aromatic heterocycles. The number of pyridine rings is 1. The van der Waals surface area contributed by atoms with E-state index in [4.69, 9.17) is 0 Å². The van der Waals surface area contributed by atoms with Gasteiger partial charge in [-0.1, -0.05) is 119 Å². The summed E-state index contributed by atoms with van der Waals surface area (Å²) in [4.78, 5) is 54.4. The molecule has 334 valence electrons. The largest absolute Gasteiger partial charge is 0.341 e. The Labute approximate surface area is 357 Å². The van der Waals surface area contributed by atoms with Gasteiger partial charge in [0.05, 0.1) is 12.7 Å². The van der Waals surface area contributed by atoms with Crippen molar-refractivity contribution in [2.24, 2.45) is 12.0 Å². The van der Waals surface area contributed by atoms with Crippen LogP contribution in [0.15, 0.2) is 115 Å². The summed E-state index contributed by atoms with van der Waals surface area (Å²) in [5.74, 6) is 1.46. The molecule has 1 aliphatic rings. The molecule has 16 nitrogen and oxygen atoms in total. The summed E-state index contributed by atoms with van der Waals surface area (Å²) in [7, 11) is 1.94. The average molecular weight is 824 g/mol. The Kier molecular flexibility index (Phi) is 69.7. The molecule has 0 saturated heterocycles. The Morgan fingerprint density at radius 2 is 1.17 bits per heavy atom. The van der Waals surface area contributed by atoms with Crippen molar-refractivity contribution < 1.29 is 0 Å². The summed E-state index contributed by atoms with van der Waals surface area (Å²) >= 11 is 0. The summed E-state index contributed by atoms with van der Waals surface area (Å²) in [5.41, 5.74) is 1.95. The van der Waals surface area contributed by atoms with Gasteiger partial charge in [-0.15, -0.1) is 0 Å². The molecule has 0 aliphatic carbocycles. The molecule has 0 saturated carbocycles. The number of nitrogens with one attached hydrogen (secondary N) is 3. The first kappa shape index (κ1) is 70.5. The number of H-pyrrole nitrogens is 3. The zero-order chi connectivity index (χ0) is 42.4. The highest BCUT2D eigenvalue weighted by atomic mass is 16.1. The fourth-order valence-electron chi connectivity index (χ4n) is 2.89. The Hall–Kier alpha value is -6.32. The van der Waals surface area contributed by atoms with Crippen LogP contribution in [0, 0.1) is 6.92 Å². The lowest BCUT2D eigenvalue weighted by atomic mass is 10.2. The minimum absolute atomic E-state index is 0. The number of imidazole rings is 2. The Bertz CT molecular complexity index is 1640. The van der Waals surface area contributed by atoms with Crippen LogP contribution < -0.4 is 5.56 Å². The molecule has 0 unspecified atom stereocenters. The molecule has 7 aromatic rings. The van der Waals surface area contributed by atoms with Gasteiger partial charge in [0.2, 0.25) is 0 Å². The molecule has 3 N–H and O–H groups in total. The van der Waals surface area contributed by atoms with E-state index in [2.05, 4.69) is 76.1 Å². The van der Waals surface area contributed by atoms with Crippen molar-refractivity contribution in [2.75, 3.05) is 0 Å². The van der Waals surface area contributed by atoms with Gasteiger partial charge in [0.15, 0.2) is 17.0 Å². The molecule has 0 amide bonds. The van der Waals surface area contributed by atoms with Crippen molar-refractivity contribution in [1.82, 2.24) is 69.6 Å². The number of aromatic nitrogens is 14. The molecule has 0 bridgehead atoms. The summed E-state index contributed by atoms with van der Waals surface area (Å²) in [6.07, 6.45) is 24.1. The lowest BCUT2D eigenvalue weighted by Gasteiger charge is -1.90. The summed E-state index contributed by atoms with van der Waals surface area (Å²) in [6.45, 7) is 25.7. The molecule has 0 fully saturated rings. The number of aryl methyl sites for hydroxylation is 2. The third-order valence-electron chi connectivity index (χ3n) is 4.73. The molecule has 1 aliphatic heterocycles. The number of aromatic amines is 3. The van der Waals surface area contributed by atoms with E-state index in [0.29, 0.717) is 17.0 Å². The summed E-state index contributed by atoms with van der Waals surface area (Å²) in [6, 6.07) is 7.54. The molecule has 59 heavy (non-hydrogen) atoms. The van der Waals surface area contributed by atoms with Gasteiger partial charge >= 0.3 is 0 Å². The predicted octanol–water partition coefficient (Wildman–Crippen LogP) is 11.2. The minimum atomic E-state index is -0.176. The van der Waals surface area contributed by atoms with Gasteiger partial charge in [0.1, 0.15) is 31.1 Å². The standard InChI is InChI=1S/C7H6N2.C6H6N4O.C4H6N2.2C4H4N2.C2H3N3.6C2H6.4CH4/c1-2-6-3-5-9-7(6)8-4-1;1-3-9-5-4(6(11)10-3)7-2-8-5;1-6-3-2-5-4-6;2*1-2-5-4-6-3-1;1-3-2-5-4-1;6*1-2;;;;/h1-2,4-5H,3H2;2H,1H3,(H2,7,8,9,10,11);2-4H,1H3;2*1-4H;1-2H,(H,3,4,5);6*1-2H3;4*1H4. The first-order chi connectivity index (χ1) is 27.1. The second-order valence-electron chi connectivity index (χ2n) is 7.94. The fourth-order valence-corrected chi connectivity index (χ4v) is 2.89. The van der Waals surface area contributed by atoms with Crippen LogP contribution in [0.3, 0.4) is 0 Å². The fraction of sp³-hybridized carbons (Fsp3) is 0.442. The number of aliphatic imine (C=N–C) groups is 1. The van der Waals surface area contributed by atoms with E-state index < -0.39 is 0 Å². The van der Waals surface area contributed by atoms with E-state index >= 15 is 0 Å². The van der Waals surface area contributed by atoms with Crippen LogP contribution >= 0.6 is 0 Å². The first-order valence-corrected chi connectivity index (χ1v) is 18.6. The van der Waals surface area contributed by atoms with Gasteiger partial charge in [-0.25, -0.2) is 49.8 Å². The SMILES string of the molecule is C.C.C.C.C1=Nc2ncccc2C1.CC.CC.CC.CC.CC.CC.Cc1nc2nc[nH]c2c(=O)[nH]1.Cn1ccnc1.c1cncnc1.c1cncnc1.c1nc[nH]n1. The van der Waals surface area contributed by atoms with E-state index in [1.807, 2.05) is 113 Å². The van der Waals surface area contributed by atoms with Gasteiger partial charge < -0.3 is 14.5 Å². The maximum Gasteiger partial charge on any atom is 0.276 e. The maximum absolute atomic E-state index is 11.1. The van der Waals surface area contributed by atoms with E-state index in [1.165, 1.54) is 37.2 Å². The number of nitrogens with zero attached hydrogens (tertiary/aromatic N) is 12. The molecule has 0 atom stereocenters. The van der Waals surface area contributed by atoms with Crippen LogP contribution in [0.1, 0.15) is 124 Å². The molecule has 0 aromatic carbocycles. The molecule has 0 radical (unpaired) electrons. The van der Waals surface area contributed by atoms with Gasteiger partial charge in [-0.05, 0) is 25.1 Å². The van der Waals surface area contributed by atoms with Crippen molar-refractivity contribution in [3.63, 3.8) is 0 Å². The van der Waals surface area contributed by atoms with Gasteiger partial charge in [-0.2, -0.15) is 5.10 Å². The van der Waals surface area contributed by atoms with Crippen molar-refractivity contribution in [2.45, 2.75) is 126 Å². The van der Waals surface area contributed by atoms with Gasteiger partial charge in [0, 0.05) is 68.6 Å². The van der Waals surface area contributed by atoms with Crippen molar-refractivity contribution in [3.05, 3.63) is 127 Å². The van der Waals surface area contributed by atoms with Crippen molar-refractivity contribution in [1.29, 1.82) is 0 Å². The number of hydrogen-bond acceptors (Lipinski definition) is 12. The smallest absolute Gasteiger partial charge is 0.276 e. The van der Waals surface area contributed by atoms with Gasteiger partial charge in [0.25, 0.3) is 5.56 Å². The molecular weight excluding hydrogens is 743 g/mol. The van der Waals surface area contributed by atoms with E-state index in [-0.39, 0.29) is 35.3 Å². The Morgan fingerprint density at radius 3 is 1.51 bits per heavy atom. The maximum atomic E-state index is 11.1. The lowest BCUT2D eigenvalue weighted by Crippen LogP contribution is -2.09. The number of hydrogen-bond donors (Lipinski definition) is 3.